The van der Waals surface area contributed by atoms with Crippen LogP contribution < -0.4 is 10.6 Å². The molecule has 2 unspecified atom stereocenters. The first-order valence-corrected chi connectivity index (χ1v) is 12.8. The van der Waals surface area contributed by atoms with Crippen molar-refractivity contribution < 1.29 is 67.3 Å². The second-order valence-electron chi connectivity index (χ2n) is 7.40. The van der Waals surface area contributed by atoms with Gasteiger partial charge in [-0.2, -0.15) is 0 Å². The van der Waals surface area contributed by atoms with Crippen LogP contribution in [-0.4, -0.2) is 106 Å². The predicted molar refractivity (Wildman–Crippen MR) is 110 cm³/mol. The number of nitrogens with zero attached hydrogens (tertiary/aromatic N) is 4. The number of rotatable bonds is 12. The molecule has 0 amide bonds. The van der Waals surface area contributed by atoms with Gasteiger partial charge in [-0.1, -0.05) is 0 Å². The van der Waals surface area contributed by atoms with Crippen LogP contribution in [0.25, 0.3) is 11.2 Å². The number of fused-ring (bicyclic) bond motifs is 1. The molecule has 9 atom stereocenters. The third-order valence-corrected chi connectivity index (χ3v) is 7.46. The van der Waals surface area contributed by atoms with Gasteiger partial charge in [-0.15, -0.1) is 0 Å². The smallest absolute Gasteiger partial charge is 0.478 e. The minimum Gasteiger partial charge on any atom is -0.756 e. The van der Waals surface area contributed by atoms with E-state index in [2.05, 4.69) is 28.3 Å². The molecule has 0 bridgehead atoms. The number of aliphatic hydroxyl groups excluding tert-OH is 5. The first-order valence-electron chi connectivity index (χ1n) is 9.84. The minimum atomic E-state index is -5.64. The quantitative estimate of drug-likeness (QED) is 0.0962. The van der Waals surface area contributed by atoms with Crippen LogP contribution in [0.5, 0.6) is 0 Å². The Morgan fingerprint density at radius 1 is 1.19 bits per heavy atom. The summed E-state index contributed by atoms with van der Waals surface area (Å²) in [7, 11) is -11.1. The van der Waals surface area contributed by atoms with E-state index in [0.29, 0.717) is 0 Å². The Bertz CT molecular complexity index is 1170. The summed E-state index contributed by atoms with van der Waals surface area (Å²) in [6, 6.07) is 0. The van der Waals surface area contributed by atoms with Gasteiger partial charge in [0.05, 0.1) is 19.5 Å². The number of ether oxygens (including phenoxy) is 1. The van der Waals surface area contributed by atoms with Gasteiger partial charge in [0, 0.05) is 0 Å². The topological polar surface area (TPSA) is 302 Å². The van der Waals surface area contributed by atoms with Crippen molar-refractivity contribution in [2.45, 2.75) is 42.9 Å². The van der Waals surface area contributed by atoms with Gasteiger partial charge in [-0.3, -0.25) is 13.7 Å². The second-order valence-corrected chi connectivity index (χ2v) is 10.4. The number of carbonyl (C=O) groups is 1. The molecular formula is C15H22N5O14P2-. The molecule has 0 saturated carbocycles. The number of nitrogen functional groups attached to an aromatic ring is 1. The number of imidazole rings is 1. The lowest BCUT2D eigenvalue weighted by atomic mass is 10.1. The average molecular weight is 558 g/mol. The number of phosphoric acid groups is 2. The zero-order valence-corrected chi connectivity index (χ0v) is 19.7. The van der Waals surface area contributed by atoms with Crippen LogP contribution in [0.1, 0.15) is 6.23 Å². The van der Waals surface area contributed by atoms with E-state index >= 15 is 0 Å². The van der Waals surface area contributed by atoms with Crippen molar-refractivity contribution in [1.82, 2.24) is 19.5 Å². The number of hydrogen-bond acceptors (Lipinski definition) is 17. The van der Waals surface area contributed by atoms with Crippen LogP contribution in [0.15, 0.2) is 12.7 Å². The second kappa shape index (κ2) is 11.2. The van der Waals surface area contributed by atoms with E-state index in [1.54, 1.807) is 0 Å². The first kappa shape index (κ1) is 28.6. The molecule has 0 spiro atoms. The largest absolute Gasteiger partial charge is 0.756 e. The van der Waals surface area contributed by atoms with Crippen molar-refractivity contribution in [1.29, 1.82) is 0 Å². The van der Waals surface area contributed by atoms with Crippen LogP contribution in [0.2, 0.25) is 0 Å². The summed E-state index contributed by atoms with van der Waals surface area (Å²) >= 11 is 0. The van der Waals surface area contributed by atoms with Gasteiger partial charge in [0.2, 0.25) is 0 Å². The molecule has 1 saturated heterocycles. The highest BCUT2D eigenvalue weighted by Crippen LogP contribution is 2.58. The molecule has 21 heteroatoms. The molecule has 0 aromatic carbocycles. The van der Waals surface area contributed by atoms with Gasteiger partial charge in [-0.05, 0) is 0 Å². The lowest BCUT2D eigenvalue weighted by Gasteiger charge is -2.27. The summed E-state index contributed by atoms with van der Waals surface area (Å²) in [5, 5.41) is 48.6. The maximum Gasteiger partial charge on any atom is 0.478 e. The van der Waals surface area contributed by atoms with Gasteiger partial charge >= 0.3 is 7.82 Å². The lowest BCUT2D eigenvalue weighted by molar-refractivity contribution is -0.221. The molecule has 3 rings (SSSR count). The van der Waals surface area contributed by atoms with E-state index in [1.165, 1.54) is 10.9 Å². The average Bonchev–Trinajstić information content (AvgIpc) is 3.36. The van der Waals surface area contributed by atoms with Gasteiger partial charge in [0.25, 0.3) is 7.82 Å². The summed E-state index contributed by atoms with van der Waals surface area (Å²) in [6.07, 6.45) is -10.1. The van der Waals surface area contributed by atoms with Crippen molar-refractivity contribution in [3.8, 4) is 0 Å². The van der Waals surface area contributed by atoms with E-state index < -0.39 is 71.7 Å². The minimum absolute atomic E-state index is 0.0382. The molecule has 0 aliphatic carbocycles. The summed E-state index contributed by atoms with van der Waals surface area (Å²) in [4.78, 5) is 43.6. The van der Waals surface area contributed by atoms with Crippen molar-refractivity contribution in [2.24, 2.45) is 0 Å². The highest BCUT2D eigenvalue weighted by molar-refractivity contribution is 7.60. The van der Waals surface area contributed by atoms with Crippen LogP contribution >= 0.6 is 15.6 Å². The molecule has 2 aromatic heterocycles. The number of aromatic nitrogens is 4. The summed E-state index contributed by atoms with van der Waals surface area (Å²) in [6.45, 7) is -2.20. The molecule has 1 aliphatic heterocycles. The fourth-order valence-electron chi connectivity index (χ4n) is 3.07. The third-order valence-electron chi connectivity index (χ3n) is 4.89. The number of aldehydes is 1. The van der Waals surface area contributed by atoms with Crippen molar-refractivity contribution in [3.63, 3.8) is 0 Å². The number of aliphatic hydroxyl groups is 5. The first-order chi connectivity index (χ1) is 16.8. The summed E-state index contributed by atoms with van der Waals surface area (Å²) in [5.74, 6) is 0.0382. The van der Waals surface area contributed by atoms with Crippen molar-refractivity contribution in [2.75, 3.05) is 18.9 Å². The molecule has 1 aliphatic rings. The van der Waals surface area contributed by atoms with Gasteiger partial charge in [0.15, 0.2) is 24.0 Å². The number of carbonyl (C=O) groups excluding carboxylic acids is 1. The van der Waals surface area contributed by atoms with Gasteiger partial charge in [0.1, 0.15) is 48.5 Å². The van der Waals surface area contributed by atoms with Crippen molar-refractivity contribution >= 4 is 38.9 Å². The maximum atomic E-state index is 12.0. The SMILES string of the molecule is Nc1ncnc2c1ncn2[C@@H]1O[C@H](COP(=O)(O)OP(=O)([O-])OC[C@@H](O)[C@@H](O)[C@@H](O)C=O)[C@@H](O)[C@H]1O. The fraction of sp³-hybridized carbons (Fsp3) is 0.600. The predicted octanol–water partition coefficient (Wildman–Crippen LogP) is -4.07. The summed E-state index contributed by atoms with van der Waals surface area (Å²) < 4.78 is 43.1. The zero-order valence-electron chi connectivity index (χ0n) is 17.9. The molecule has 202 valence electrons. The molecule has 1 fully saturated rings. The zero-order chi connectivity index (χ0) is 26.8. The van der Waals surface area contributed by atoms with E-state index in [-0.39, 0.29) is 23.3 Å². The standard InChI is InChI=1S/C15H23N5O14P2/c16-13-9-14(18-4-17-13)20(5-19-9)15-12(26)11(25)8(33-15)3-32-36(29,30)34-35(27,28)31-2-7(23)10(24)6(22)1-21/h1,4-8,10-12,15,22-26H,2-3H2,(H,27,28)(H,29,30)(H2,16,17,18)/p-1/t6-,7+,8+,10-,11+,12+,15+/m0/s1. The molecule has 3 heterocycles. The fourth-order valence-corrected chi connectivity index (χ4v) is 5.13. The number of nitrogens with two attached hydrogens (primary N) is 1. The summed E-state index contributed by atoms with van der Waals surface area (Å²) in [5.41, 5.74) is 6.02. The van der Waals surface area contributed by atoms with Crippen LogP contribution in [0.4, 0.5) is 5.82 Å². The Labute approximate surface area is 200 Å². The number of phosphoric ester groups is 2. The molecule has 36 heavy (non-hydrogen) atoms. The van der Waals surface area contributed by atoms with Crippen LogP contribution in [0.3, 0.4) is 0 Å². The van der Waals surface area contributed by atoms with Crippen LogP contribution in [0, 0.1) is 0 Å². The Kier molecular flexibility index (Phi) is 8.90. The molecule has 2 aromatic rings. The Morgan fingerprint density at radius 2 is 1.89 bits per heavy atom. The molecule has 0 radical (unpaired) electrons. The van der Waals surface area contributed by atoms with Crippen molar-refractivity contribution in [3.05, 3.63) is 12.7 Å². The van der Waals surface area contributed by atoms with Gasteiger partial charge in [-0.25, -0.2) is 23.8 Å². The molecular weight excluding hydrogens is 536 g/mol. The van der Waals surface area contributed by atoms with Gasteiger partial charge < -0.3 is 55.1 Å². The molecule has 19 nitrogen and oxygen atoms in total. The monoisotopic (exact) mass is 558 g/mol. The normalized spacial score (nSPS) is 28.3. The van der Waals surface area contributed by atoms with Crippen LogP contribution in [-0.2, 0) is 32.0 Å². The van der Waals surface area contributed by atoms with E-state index in [1.807, 2.05) is 0 Å². The Hall–Kier alpha value is -1.96. The highest BCUT2D eigenvalue weighted by Gasteiger charge is 2.45. The Morgan fingerprint density at radius 3 is 2.56 bits per heavy atom. The molecule has 8 N–H and O–H groups in total. The van der Waals surface area contributed by atoms with E-state index in [0.717, 1.165) is 6.33 Å². The van der Waals surface area contributed by atoms with E-state index in [4.69, 9.17) is 15.6 Å². The number of hydrogen-bond donors (Lipinski definition) is 7. The van der Waals surface area contributed by atoms with E-state index in [9.17, 15) is 44.1 Å². The lowest BCUT2D eigenvalue weighted by Crippen LogP contribution is -2.40. The Balaban J connectivity index is 1.58. The number of anilines is 1. The third kappa shape index (κ3) is 6.48. The highest BCUT2D eigenvalue weighted by atomic mass is 31.3. The maximum absolute atomic E-state index is 12.0.